The molecule has 1 saturated heterocycles. The molecule has 0 spiro atoms. The maximum absolute atomic E-state index is 13.3. The fourth-order valence-electron chi connectivity index (χ4n) is 2.07. The molecule has 5 nitrogen and oxygen atoms in total. The van der Waals surface area contributed by atoms with E-state index in [0.717, 1.165) is 6.07 Å². The number of nitrogens with two attached hydrogens (primary N) is 1. The van der Waals surface area contributed by atoms with Crippen molar-refractivity contribution in [1.29, 1.82) is 0 Å². The molecule has 1 aliphatic rings. The number of nitrogen functional groups attached to an aromatic ring is 1. The summed E-state index contributed by atoms with van der Waals surface area (Å²) in [5, 5.41) is 9.05. The van der Waals surface area contributed by atoms with Gasteiger partial charge in [0.2, 0.25) is 10.0 Å². The largest absolute Gasteiger partial charge is 0.398 e. The summed E-state index contributed by atoms with van der Waals surface area (Å²) in [5.41, 5.74) is 5.48. The third-order valence-electron chi connectivity index (χ3n) is 3.18. The van der Waals surface area contributed by atoms with Gasteiger partial charge >= 0.3 is 0 Å². The van der Waals surface area contributed by atoms with Crippen LogP contribution in [0.4, 0.5) is 10.1 Å². The smallest absolute Gasteiger partial charge is 0.245 e. The molecule has 3 N–H and O–H groups in total. The molecule has 1 aromatic carbocycles. The van der Waals surface area contributed by atoms with Crippen LogP contribution in [0.25, 0.3) is 0 Å². The van der Waals surface area contributed by atoms with Crippen LogP contribution in [-0.4, -0.2) is 37.5 Å². The van der Waals surface area contributed by atoms with Crippen molar-refractivity contribution in [3.05, 3.63) is 22.4 Å². The van der Waals surface area contributed by atoms with Crippen LogP contribution in [0.1, 0.15) is 6.42 Å². The highest BCUT2D eigenvalue weighted by Crippen LogP contribution is 2.31. The van der Waals surface area contributed by atoms with Crippen LogP contribution >= 0.6 is 15.9 Å². The number of hydrogen-bond donors (Lipinski definition) is 2. The first-order valence-electron chi connectivity index (χ1n) is 5.71. The van der Waals surface area contributed by atoms with Gasteiger partial charge in [0.1, 0.15) is 10.7 Å². The van der Waals surface area contributed by atoms with Crippen molar-refractivity contribution >= 4 is 31.6 Å². The Morgan fingerprint density at radius 2 is 2.21 bits per heavy atom. The third kappa shape index (κ3) is 2.76. The zero-order valence-corrected chi connectivity index (χ0v) is 12.4. The van der Waals surface area contributed by atoms with Gasteiger partial charge in [0, 0.05) is 19.7 Å². The molecule has 106 valence electrons. The van der Waals surface area contributed by atoms with Crippen molar-refractivity contribution in [2.75, 3.05) is 25.4 Å². The van der Waals surface area contributed by atoms with E-state index in [0.29, 0.717) is 13.0 Å². The average molecular weight is 353 g/mol. The van der Waals surface area contributed by atoms with Crippen LogP contribution in [0.5, 0.6) is 0 Å². The molecule has 8 heteroatoms. The zero-order chi connectivity index (χ0) is 14.2. The number of aliphatic hydroxyl groups excluding tert-OH is 1. The highest BCUT2D eigenvalue weighted by Gasteiger charge is 2.33. The maximum Gasteiger partial charge on any atom is 0.245 e. The van der Waals surface area contributed by atoms with Crippen molar-refractivity contribution in [3.8, 4) is 0 Å². The van der Waals surface area contributed by atoms with Gasteiger partial charge in [-0.2, -0.15) is 4.31 Å². The second-order valence-electron chi connectivity index (χ2n) is 4.50. The summed E-state index contributed by atoms with van der Waals surface area (Å²) in [6.07, 6.45) is 0.609. The van der Waals surface area contributed by atoms with Gasteiger partial charge in [-0.25, -0.2) is 12.8 Å². The quantitative estimate of drug-likeness (QED) is 0.800. The van der Waals surface area contributed by atoms with Crippen LogP contribution < -0.4 is 5.73 Å². The Morgan fingerprint density at radius 1 is 1.53 bits per heavy atom. The number of benzene rings is 1. The predicted molar refractivity (Wildman–Crippen MR) is 72.5 cm³/mol. The van der Waals surface area contributed by atoms with E-state index >= 15 is 0 Å². The molecule has 0 aliphatic carbocycles. The number of sulfonamides is 1. The number of anilines is 1. The lowest BCUT2D eigenvalue weighted by Gasteiger charge is -2.18. The second kappa shape index (κ2) is 5.35. The topological polar surface area (TPSA) is 83.6 Å². The van der Waals surface area contributed by atoms with E-state index in [1.165, 1.54) is 10.4 Å². The fraction of sp³-hybridized carbons (Fsp3) is 0.455. The Kier molecular flexibility index (Phi) is 4.14. The molecule has 0 bridgehead atoms. The number of rotatable bonds is 3. The first-order chi connectivity index (χ1) is 8.86. The first-order valence-corrected chi connectivity index (χ1v) is 7.95. The van der Waals surface area contributed by atoms with E-state index in [4.69, 9.17) is 10.8 Å². The highest BCUT2D eigenvalue weighted by molar-refractivity contribution is 9.10. The molecule has 0 amide bonds. The van der Waals surface area contributed by atoms with Crippen molar-refractivity contribution in [1.82, 2.24) is 4.31 Å². The van der Waals surface area contributed by atoms with E-state index in [9.17, 15) is 12.8 Å². The predicted octanol–water partition coefficient (Wildman–Crippen LogP) is 1.17. The van der Waals surface area contributed by atoms with Crippen molar-refractivity contribution in [3.63, 3.8) is 0 Å². The van der Waals surface area contributed by atoms with Crippen molar-refractivity contribution < 1.29 is 17.9 Å². The minimum Gasteiger partial charge on any atom is -0.398 e. The summed E-state index contributed by atoms with van der Waals surface area (Å²) < 4.78 is 39.4. The van der Waals surface area contributed by atoms with Gasteiger partial charge in [0.15, 0.2) is 0 Å². The summed E-state index contributed by atoms with van der Waals surface area (Å²) in [7, 11) is -3.75. The Bertz CT molecular complexity index is 594. The molecule has 1 atom stereocenters. The molecular formula is C11H14BrFN2O3S. The van der Waals surface area contributed by atoms with E-state index in [-0.39, 0.29) is 34.1 Å². The Labute approximate surface area is 119 Å². The molecule has 2 rings (SSSR count). The summed E-state index contributed by atoms with van der Waals surface area (Å²) in [6, 6.07) is 2.16. The third-order valence-corrected chi connectivity index (χ3v) is 5.71. The lowest BCUT2D eigenvalue weighted by Crippen LogP contribution is -2.30. The molecule has 19 heavy (non-hydrogen) atoms. The summed E-state index contributed by atoms with van der Waals surface area (Å²) in [4.78, 5) is -0.112. The normalized spacial score (nSPS) is 20.9. The first kappa shape index (κ1) is 14.7. The van der Waals surface area contributed by atoms with E-state index in [2.05, 4.69) is 15.9 Å². The standard InChI is InChI=1S/C11H14BrFN2O3S/c12-8-3-11(10(14)4-9(8)13)19(17,18)15-2-1-7(5-15)6-16/h3-4,7,16H,1-2,5-6,14H2. The summed E-state index contributed by atoms with van der Waals surface area (Å²) in [6.45, 7) is 0.546. The Morgan fingerprint density at radius 3 is 2.79 bits per heavy atom. The molecule has 0 radical (unpaired) electrons. The van der Waals surface area contributed by atoms with Crippen LogP contribution in [0.15, 0.2) is 21.5 Å². The van der Waals surface area contributed by atoms with Gasteiger partial charge in [0.25, 0.3) is 0 Å². The van der Waals surface area contributed by atoms with Crippen molar-refractivity contribution in [2.24, 2.45) is 5.92 Å². The number of hydrogen-bond acceptors (Lipinski definition) is 4. The van der Waals surface area contributed by atoms with Gasteiger partial charge in [-0.1, -0.05) is 0 Å². The van der Waals surface area contributed by atoms with E-state index < -0.39 is 15.8 Å². The molecule has 0 aromatic heterocycles. The van der Waals surface area contributed by atoms with Gasteiger partial charge in [-0.15, -0.1) is 0 Å². The lowest BCUT2D eigenvalue weighted by atomic mass is 10.1. The summed E-state index contributed by atoms with van der Waals surface area (Å²) >= 11 is 2.95. The number of aliphatic hydroxyl groups is 1. The van der Waals surface area contributed by atoms with Gasteiger partial charge < -0.3 is 10.8 Å². The average Bonchev–Trinajstić information content (AvgIpc) is 2.83. The van der Waals surface area contributed by atoms with Gasteiger partial charge in [0.05, 0.1) is 10.2 Å². The molecule has 1 fully saturated rings. The molecular weight excluding hydrogens is 339 g/mol. The van der Waals surface area contributed by atoms with Gasteiger partial charge in [-0.3, -0.25) is 0 Å². The van der Waals surface area contributed by atoms with Crippen LogP contribution in [0.2, 0.25) is 0 Å². The molecule has 0 saturated carbocycles. The number of nitrogens with zero attached hydrogens (tertiary/aromatic N) is 1. The summed E-state index contributed by atoms with van der Waals surface area (Å²) in [5.74, 6) is -0.661. The zero-order valence-electron chi connectivity index (χ0n) is 10.0. The Hall–Kier alpha value is -0.700. The fourth-order valence-corrected chi connectivity index (χ4v) is 4.22. The Balaban J connectivity index is 2.38. The minimum absolute atomic E-state index is 0.0470. The van der Waals surface area contributed by atoms with Gasteiger partial charge in [-0.05, 0) is 40.4 Å². The molecule has 1 heterocycles. The van der Waals surface area contributed by atoms with Crippen molar-refractivity contribution in [2.45, 2.75) is 11.3 Å². The second-order valence-corrected chi connectivity index (χ2v) is 7.27. The highest BCUT2D eigenvalue weighted by atomic mass is 79.9. The molecule has 1 unspecified atom stereocenters. The SMILES string of the molecule is Nc1cc(F)c(Br)cc1S(=O)(=O)N1CCC(CO)C1. The van der Waals surface area contributed by atoms with E-state index in [1.54, 1.807) is 0 Å². The monoisotopic (exact) mass is 352 g/mol. The molecule has 1 aromatic rings. The minimum atomic E-state index is -3.75. The van der Waals surface area contributed by atoms with Crippen LogP contribution in [-0.2, 0) is 10.0 Å². The number of halogens is 2. The molecule has 1 aliphatic heterocycles. The van der Waals surface area contributed by atoms with Crippen LogP contribution in [0.3, 0.4) is 0 Å². The van der Waals surface area contributed by atoms with E-state index in [1.807, 2.05) is 0 Å². The maximum atomic E-state index is 13.3. The van der Waals surface area contributed by atoms with Crippen LogP contribution in [0, 0.1) is 11.7 Å². The lowest BCUT2D eigenvalue weighted by molar-refractivity contribution is 0.233.